The van der Waals surface area contributed by atoms with Crippen molar-refractivity contribution in [2.24, 2.45) is 0 Å². The topological polar surface area (TPSA) is 86.3 Å². The van der Waals surface area contributed by atoms with Crippen LogP contribution in [-0.4, -0.2) is 9.85 Å². The molecule has 0 fully saturated rings. The van der Waals surface area contributed by atoms with Crippen LogP contribution >= 0.6 is 11.6 Å². The van der Waals surface area contributed by atoms with Crippen molar-refractivity contribution in [3.8, 4) is 0 Å². The molecule has 0 radical (unpaired) electrons. The first-order valence-corrected chi connectivity index (χ1v) is 3.91. The minimum absolute atomic E-state index is 0.0347. The predicted molar refractivity (Wildman–Crippen MR) is 49.5 cm³/mol. The predicted octanol–water partition coefficient (Wildman–Crippen LogP) is 2.46. The fraction of sp³-hybridized carbons (Fsp3) is 0.143. The van der Waals surface area contributed by atoms with Crippen molar-refractivity contribution in [2.45, 2.75) is 6.92 Å². The standard InChI is InChI=1S/C7H5ClN2O4/c1-4-6(9(11)12)3-2-5(8)7(4)10(13)14/h2-3H,1H3. The summed E-state index contributed by atoms with van der Waals surface area (Å²) in [5.74, 6) is 0. The summed E-state index contributed by atoms with van der Waals surface area (Å²) in [5, 5.41) is 20.9. The molecule has 0 N–H and O–H groups in total. The summed E-state index contributed by atoms with van der Waals surface area (Å²) in [4.78, 5) is 19.6. The first-order valence-electron chi connectivity index (χ1n) is 3.53. The Morgan fingerprint density at radius 2 is 1.79 bits per heavy atom. The maximum absolute atomic E-state index is 10.5. The molecular formula is C7H5ClN2O4. The fourth-order valence-electron chi connectivity index (χ4n) is 1.08. The molecule has 0 unspecified atom stereocenters. The highest BCUT2D eigenvalue weighted by molar-refractivity contribution is 6.32. The summed E-state index contributed by atoms with van der Waals surface area (Å²) in [6.07, 6.45) is 0. The van der Waals surface area contributed by atoms with E-state index in [-0.39, 0.29) is 16.3 Å². The molecule has 1 aromatic carbocycles. The van der Waals surface area contributed by atoms with E-state index in [2.05, 4.69) is 0 Å². The van der Waals surface area contributed by atoms with Crippen LogP contribution in [0.2, 0.25) is 5.02 Å². The van der Waals surface area contributed by atoms with Gasteiger partial charge in [-0.15, -0.1) is 0 Å². The smallest absolute Gasteiger partial charge is 0.258 e. The molecule has 6 nitrogen and oxygen atoms in total. The highest BCUT2D eigenvalue weighted by Crippen LogP contribution is 2.33. The largest absolute Gasteiger partial charge is 0.297 e. The first-order chi connectivity index (χ1) is 6.45. The van der Waals surface area contributed by atoms with Gasteiger partial charge in [0.25, 0.3) is 11.4 Å². The van der Waals surface area contributed by atoms with Gasteiger partial charge in [0.15, 0.2) is 0 Å². The second-order valence-electron chi connectivity index (χ2n) is 2.55. The molecule has 0 atom stereocenters. The van der Waals surface area contributed by atoms with Gasteiger partial charge in [-0.25, -0.2) is 0 Å². The van der Waals surface area contributed by atoms with Crippen molar-refractivity contribution < 1.29 is 9.85 Å². The third-order valence-corrected chi connectivity index (χ3v) is 2.04. The maximum Gasteiger partial charge on any atom is 0.297 e. The van der Waals surface area contributed by atoms with Crippen LogP contribution in [0.5, 0.6) is 0 Å². The molecule has 0 aromatic heterocycles. The van der Waals surface area contributed by atoms with E-state index in [1.807, 2.05) is 0 Å². The van der Waals surface area contributed by atoms with E-state index >= 15 is 0 Å². The van der Waals surface area contributed by atoms with Crippen LogP contribution in [0.1, 0.15) is 5.56 Å². The van der Waals surface area contributed by atoms with Crippen LogP contribution in [-0.2, 0) is 0 Å². The monoisotopic (exact) mass is 216 g/mol. The summed E-state index contributed by atoms with van der Waals surface area (Å²) in [7, 11) is 0. The Labute approximate surface area is 83.4 Å². The lowest BCUT2D eigenvalue weighted by Crippen LogP contribution is -1.97. The molecule has 14 heavy (non-hydrogen) atoms. The van der Waals surface area contributed by atoms with Gasteiger partial charge in [0.1, 0.15) is 10.6 Å². The fourth-order valence-corrected chi connectivity index (χ4v) is 1.35. The summed E-state index contributed by atoms with van der Waals surface area (Å²) < 4.78 is 0. The van der Waals surface area contributed by atoms with Crippen LogP contribution in [0.4, 0.5) is 11.4 Å². The van der Waals surface area contributed by atoms with Crippen molar-refractivity contribution in [3.05, 3.63) is 42.9 Å². The van der Waals surface area contributed by atoms with Gasteiger partial charge in [-0.1, -0.05) is 11.6 Å². The third kappa shape index (κ3) is 1.64. The Balaban J connectivity index is 3.49. The number of benzene rings is 1. The van der Waals surface area contributed by atoms with Crippen molar-refractivity contribution in [2.75, 3.05) is 0 Å². The van der Waals surface area contributed by atoms with Crippen molar-refractivity contribution >= 4 is 23.0 Å². The van der Waals surface area contributed by atoms with Gasteiger partial charge in [0, 0.05) is 6.07 Å². The quantitative estimate of drug-likeness (QED) is 0.561. The van der Waals surface area contributed by atoms with Gasteiger partial charge in [0.2, 0.25) is 0 Å². The number of rotatable bonds is 2. The van der Waals surface area contributed by atoms with Crippen molar-refractivity contribution in [1.29, 1.82) is 0 Å². The molecule has 0 aliphatic carbocycles. The normalized spacial score (nSPS) is 9.86. The lowest BCUT2D eigenvalue weighted by atomic mass is 10.1. The molecule has 1 rings (SSSR count). The Morgan fingerprint density at radius 1 is 1.21 bits per heavy atom. The van der Waals surface area contributed by atoms with Crippen LogP contribution in [0.3, 0.4) is 0 Å². The van der Waals surface area contributed by atoms with Crippen LogP contribution in [0.15, 0.2) is 12.1 Å². The second-order valence-corrected chi connectivity index (χ2v) is 2.96. The molecule has 0 amide bonds. The minimum atomic E-state index is -0.731. The van der Waals surface area contributed by atoms with E-state index in [4.69, 9.17) is 11.6 Å². The highest BCUT2D eigenvalue weighted by Gasteiger charge is 2.24. The molecule has 0 spiro atoms. The number of nitro groups is 2. The average molecular weight is 217 g/mol. The first kappa shape index (κ1) is 10.4. The average Bonchev–Trinajstić information content (AvgIpc) is 2.02. The summed E-state index contributed by atoms with van der Waals surface area (Å²) >= 11 is 5.54. The van der Waals surface area contributed by atoms with E-state index in [0.717, 1.165) is 12.1 Å². The zero-order valence-corrected chi connectivity index (χ0v) is 7.82. The van der Waals surface area contributed by atoms with E-state index in [9.17, 15) is 20.2 Å². The van der Waals surface area contributed by atoms with Gasteiger partial charge in [-0.2, -0.15) is 0 Å². The van der Waals surface area contributed by atoms with Crippen molar-refractivity contribution in [3.63, 3.8) is 0 Å². The Hall–Kier alpha value is -1.69. The molecule has 0 aliphatic heterocycles. The SMILES string of the molecule is Cc1c([N+](=O)[O-])ccc(Cl)c1[N+](=O)[O-]. The van der Waals surface area contributed by atoms with Gasteiger partial charge in [0.05, 0.1) is 9.85 Å². The molecule has 0 saturated carbocycles. The van der Waals surface area contributed by atoms with Gasteiger partial charge >= 0.3 is 0 Å². The Morgan fingerprint density at radius 3 is 2.21 bits per heavy atom. The number of nitrogens with zero attached hydrogens (tertiary/aromatic N) is 2. The zero-order chi connectivity index (χ0) is 10.9. The van der Waals surface area contributed by atoms with Crippen molar-refractivity contribution in [1.82, 2.24) is 0 Å². The van der Waals surface area contributed by atoms with Gasteiger partial charge in [-0.05, 0) is 13.0 Å². The zero-order valence-electron chi connectivity index (χ0n) is 7.06. The summed E-state index contributed by atoms with van der Waals surface area (Å²) in [5.41, 5.74) is -0.755. The van der Waals surface area contributed by atoms with E-state index in [1.165, 1.54) is 6.92 Å². The van der Waals surface area contributed by atoms with Gasteiger partial charge < -0.3 is 0 Å². The molecular weight excluding hydrogens is 212 g/mol. The summed E-state index contributed by atoms with van der Waals surface area (Å²) in [6.45, 7) is 1.29. The number of halogens is 1. The summed E-state index contributed by atoms with van der Waals surface area (Å²) in [6, 6.07) is 2.29. The Bertz CT molecular complexity index is 418. The molecule has 0 saturated heterocycles. The van der Waals surface area contributed by atoms with Crippen LogP contribution in [0, 0.1) is 27.2 Å². The van der Waals surface area contributed by atoms with Crippen LogP contribution < -0.4 is 0 Å². The second kappa shape index (κ2) is 3.59. The molecule has 0 bridgehead atoms. The van der Waals surface area contributed by atoms with Gasteiger partial charge in [-0.3, -0.25) is 20.2 Å². The van der Waals surface area contributed by atoms with E-state index in [1.54, 1.807) is 0 Å². The third-order valence-electron chi connectivity index (χ3n) is 1.73. The Kier molecular flexibility index (Phi) is 2.66. The molecule has 7 heteroatoms. The molecule has 1 aromatic rings. The van der Waals surface area contributed by atoms with E-state index < -0.39 is 15.5 Å². The number of hydrogen-bond donors (Lipinski definition) is 0. The lowest BCUT2D eigenvalue weighted by molar-refractivity contribution is -0.395. The number of nitro benzene ring substituents is 2. The lowest BCUT2D eigenvalue weighted by Gasteiger charge is -1.99. The molecule has 0 heterocycles. The molecule has 74 valence electrons. The maximum atomic E-state index is 10.5. The minimum Gasteiger partial charge on any atom is -0.258 e. The van der Waals surface area contributed by atoms with Crippen LogP contribution in [0.25, 0.3) is 0 Å². The van der Waals surface area contributed by atoms with E-state index in [0.29, 0.717) is 0 Å². The highest BCUT2D eigenvalue weighted by atomic mass is 35.5. The number of hydrogen-bond acceptors (Lipinski definition) is 4. The molecule has 0 aliphatic rings.